The number of nitrogens with zero attached hydrogens (tertiary/aromatic N) is 4. The van der Waals surface area contributed by atoms with Crippen molar-refractivity contribution in [1.82, 2.24) is 19.6 Å². The maximum absolute atomic E-state index is 11.9. The van der Waals surface area contributed by atoms with E-state index >= 15 is 0 Å². The van der Waals surface area contributed by atoms with Crippen LogP contribution in [0.3, 0.4) is 0 Å². The summed E-state index contributed by atoms with van der Waals surface area (Å²) >= 11 is 1.23. The van der Waals surface area contributed by atoms with Gasteiger partial charge in [0.15, 0.2) is 0 Å². The molecule has 0 aliphatic carbocycles. The van der Waals surface area contributed by atoms with E-state index < -0.39 is 0 Å². The number of ether oxygens (including phenoxy) is 1. The van der Waals surface area contributed by atoms with Crippen LogP contribution < -0.4 is 9.77 Å². The summed E-state index contributed by atoms with van der Waals surface area (Å²) in [7, 11) is 1.78. The predicted octanol–water partition coefficient (Wildman–Crippen LogP) is 4.58. The molecule has 0 bridgehead atoms. The summed E-state index contributed by atoms with van der Waals surface area (Å²) in [6.07, 6.45) is 4.10. The van der Waals surface area contributed by atoms with Gasteiger partial charge in [-0.15, -0.1) is 0 Å². The van der Waals surface area contributed by atoms with Gasteiger partial charge in [-0.1, -0.05) is 47.7 Å². The number of hydrogen-bond donors (Lipinski definition) is 1. The summed E-state index contributed by atoms with van der Waals surface area (Å²) in [5.74, 6) is 0.845. The van der Waals surface area contributed by atoms with Crippen molar-refractivity contribution < 1.29 is 4.74 Å². The molecule has 1 saturated heterocycles. The van der Waals surface area contributed by atoms with Crippen LogP contribution in [0.15, 0.2) is 65.6 Å². The number of benzene rings is 2. The van der Waals surface area contributed by atoms with Crippen molar-refractivity contribution in [2.75, 3.05) is 25.1 Å². The van der Waals surface area contributed by atoms with E-state index in [1.165, 1.54) is 11.3 Å². The van der Waals surface area contributed by atoms with Crippen LogP contribution in [0, 0.1) is 0 Å². The number of nitrogens with one attached hydrogen (secondary N) is 1. The van der Waals surface area contributed by atoms with Crippen molar-refractivity contribution in [2.24, 2.45) is 0 Å². The molecule has 0 unspecified atom stereocenters. The van der Waals surface area contributed by atoms with Gasteiger partial charge in [-0.2, -0.15) is 9.61 Å². The molecular formula is C25H23N5O2S. The molecule has 166 valence electrons. The molecule has 7 nitrogen and oxygen atoms in total. The van der Waals surface area contributed by atoms with Crippen LogP contribution in [0.2, 0.25) is 0 Å². The number of piperidine rings is 1. The first kappa shape index (κ1) is 20.1. The minimum Gasteiger partial charge on any atom is -0.381 e. The minimum absolute atomic E-state index is 0.0451. The highest BCUT2D eigenvalue weighted by atomic mass is 32.1. The van der Waals surface area contributed by atoms with Crippen LogP contribution in [0.25, 0.3) is 38.1 Å². The Morgan fingerprint density at radius 1 is 1.06 bits per heavy atom. The smallest absolute Gasteiger partial charge is 0.305 e. The molecule has 4 heterocycles. The molecule has 1 N–H and O–H groups in total. The lowest BCUT2D eigenvalue weighted by Crippen LogP contribution is -2.38. The average molecular weight is 458 g/mol. The maximum atomic E-state index is 11.9. The van der Waals surface area contributed by atoms with Gasteiger partial charge in [-0.25, -0.2) is 4.98 Å². The Bertz CT molecular complexity index is 1500. The van der Waals surface area contributed by atoms with Crippen molar-refractivity contribution in [1.29, 1.82) is 0 Å². The second kappa shape index (κ2) is 8.13. The largest absolute Gasteiger partial charge is 0.381 e. The van der Waals surface area contributed by atoms with Gasteiger partial charge in [0.05, 0.1) is 21.8 Å². The number of fused-ring (bicyclic) bond motifs is 2. The molecule has 1 aliphatic rings. The predicted molar refractivity (Wildman–Crippen MR) is 132 cm³/mol. The number of rotatable bonds is 4. The third-order valence-corrected chi connectivity index (χ3v) is 7.19. The molecule has 33 heavy (non-hydrogen) atoms. The van der Waals surface area contributed by atoms with Crippen LogP contribution in [0.1, 0.15) is 12.8 Å². The van der Waals surface area contributed by atoms with E-state index in [0.717, 1.165) is 70.0 Å². The highest BCUT2D eigenvalue weighted by Crippen LogP contribution is 2.38. The van der Waals surface area contributed by atoms with Gasteiger partial charge in [0.2, 0.25) is 5.95 Å². The lowest BCUT2D eigenvalue weighted by molar-refractivity contribution is 0.0816. The van der Waals surface area contributed by atoms with Gasteiger partial charge in [-0.05, 0) is 36.6 Å². The van der Waals surface area contributed by atoms with Gasteiger partial charge < -0.3 is 14.6 Å². The molecule has 1 fully saturated rings. The fourth-order valence-electron chi connectivity index (χ4n) is 4.66. The molecule has 0 radical (unpaired) electrons. The zero-order valence-electron chi connectivity index (χ0n) is 18.2. The Hall–Kier alpha value is -3.49. The van der Waals surface area contributed by atoms with E-state index in [1.807, 2.05) is 41.0 Å². The van der Waals surface area contributed by atoms with Gasteiger partial charge in [0, 0.05) is 37.5 Å². The maximum Gasteiger partial charge on any atom is 0.305 e. The Morgan fingerprint density at radius 3 is 2.67 bits per heavy atom. The van der Waals surface area contributed by atoms with E-state index in [2.05, 4.69) is 34.1 Å². The topological polar surface area (TPSA) is 75.5 Å². The zero-order chi connectivity index (χ0) is 22.4. The molecule has 5 aromatic rings. The number of thiazole rings is 1. The van der Waals surface area contributed by atoms with E-state index in [1.54, 1.807) is 7.11 Å². The normalized spacial score (nSPS) is 15.0. The summed E-state index contributed by atoms with van der Waals surface area (Å²) in [5.41, 5.74) is 5.87. The molecule has 3 aromatic heterocycles. The average Bonchev–Trinajstić information content (AvgIpc) is 3.43. The fourth-order valence-corrected chi connectivity index (χ4v) is 5.43. The first-order chi connectivity index (χ1) is 16.2. The molecule has 8 heteroatoms. The van der Waals surface area contributed by atoms with Crippen molar-refractivity contribution in [2.45, 2.75) is 18.9 Å². The van der Waals surface area contributed by atoms with Crippen LogP contribution >= 0.6 is 11.3 Å². The van der Waals surface area contributed by atoms with Crippen molar-refractivity contribution in [3.05, 3.63) is 70.5 Å². The zero-order valence-corrected chi connectivity index (χ0v) is 19.0. The number of aromatic nitrogens is 4. The van der Waals surface area contributed by atoms with Crippen LogP contribution in [0.5, 0.6) is 0 Å². The van der Waals surface area contributed by atoms with Gasteiger partial charge in [-0.3, -0.25) is 4.79 Å². The lowest BCUT2D eigenvalue weighted by atomic mass is 10.00. The summed E-state index contributed by atoms with van der Waals surface area (Å²) < 4.78 is 8.45. The number of anilines is 1. The molecule has 2 aromatic carbocycles. The third kappa shape index (κ3) is 3.51. The van der Waals surface area contributed by atoms with E-state index in [-0.39, 0.29) is 4.87 Å². The van der Waals surface area contributed by atoms with E-state index in [9.17, 15) is 4.79 Å². The van der Waals surface area contributed by atoms with Crippen molar-refractivity contribution in [3.8, 4) is 22.4 Å². The number of hydrogen-bond acceptors (Lipinski definition) is 6. The summed E-state index contributed by atoms with van der Waals surface area (Å²) in [6, 6.07) is 18.3. The molecule has 0 atom stereocenters. The first-order valence-electron chi connectivity index (χ1n) is 11.1. The number of H-pyrrole nitrogens is 1. The second-order valence-electron chi connectivity index (χ2n) is 8.28. The molecule has 0 spiro atoms. The SMILES string of the molecule is COC1CCN(c2nccc3c(-c4ccc5[nH]c(=O)sc5c4)c(-c4ccccc4)nn23)CC1. The summed E-state index contributed by atoms with van der Waals surface area (Å²) in [6.45, 7) is 1.76. The first-order valence-corrected chi connectivity index (χ1v) is 11.9. The summed E-state index contributed by atoms with van der Waals surface area (Å²) in [5, 5.41) is 5.07. The van der Waals surface area contributed by atoms with E-state index in [0.29, 0.717) is 6.10 Å². The van der Waals surface area contributed by atoms with Gasteiger partial charge in [0.25, 0.3) is 0 Å². The monoisotopic (exact) mass is 457 g/mol. The van der Waals surface area contributed by atoms with Crippen LogP contribution in [-0.2, 0) is 4.74 Å². The van der Waals surface area contributed by atoms with Crippen molar-refractivity contribution >= 4 is 33.0 Å². The standard InChI is InChI=1S/C25H23N5O2S/c1-32-18-10-13-29(14-11-18)24-26-12-9-20-22(17-7-8-19-21(15-17)33-25(31)27-19)23(28-30(20)24)16-5-3-2-4-6-16/h2-9,12,15,18H,10-11,13-14H2,1H3,(H,27,31). The summed E-state index contributed by atoms with van der Waals surface area (Å²) in [4.78, 5) is 21.7. The quantitative estimate of drug-likeness (QED) is 0.428. The Balaban J connectivity index is 1.56. The Morgan fingerprint density at radius 2 is 1.88 bits per heavy atom. The molecule has 6 rings (SSSR count). The van der Waals surface area contributed by atoms with Gasteiger partial charge in [0.1, 0.15) is 5.69 Å². The van der Waals surface area contributed by atoms with Crippen molar-refractivity contribution in [3.63, 3.8) is 0 Å². The minimum atomic E-state index is -0.0451. The van der Waals surface area contributed by atoms with Crippen LogP contribution in [-0.4, -0.2) is 45.9 Å². The van der Waals surface area contributed by atoms with Crippen LogP contribution in [0.4, 0.5) is 5.95 Å². The van der Waals surface area contributed by atoms with Gasteiger partial charge >= 0.3 is 4.87 Å². The Labute approximate surface area is 194 Å². The molecule has 1 aliphatic heterocycles. The second-order valence-corrected chi connectivity index (χ2v) is 9.29. The molecule has 0 saturated carbocycles. The number of methoxy groups -OCH3 is 1. The fraction of sp³-hybridized carbons (Fsp3) is 0.240. The number of aromatic amines is 1. The Kier molecular flexibility index (Phi) is 4.96. The third-order valence-electron chi connectivity index (χ3n) is 6.35. The molecular weight excluding hydrogens is 434 g/mol. The van der Waals surface area contributed by atoms with E-state index in [4.69, 9.17) is 14.8 Å². The highest BCUT2D eigenvalue weighted by molar-refractivity contribution is 7.16. The lowest BCUT2D eigenvalue weighted by Gasteiger charge is -2.31. The molecule has 0 amide bonds. The highest BCUT2D eigenvalue weighted by Gasteiger charge is 2.24.